The molecule has 0 amide bonds. The molecule has 1 aliphatic heterocycles. The van der Waals surface area contributed by atoms with Gasteiger partial charge in [0.05, 0.1) is 23.8 Å². The third kappa shape index (κ3) is 3.74. The standard InChI is InChI=1S/C20H14N4O5S/c1-27-14-3-4-15(17(7-14)24(25)26)22-9-13(8-21)20-23-16(10-30-20)12-2-5-18-19(6-12)29-11-28-18/h2-7,9-10,22H,11H2,1H3. The van der Waals surface area contributed by atoms with Gasteiger partial charge in [0.2, 0.25) is 6.79 Å². The van der Waals surface area contributed by atoms with E-state index in [1.54, 1.807) is 6.07 Å². The van der Waals surface area contributed by atoms with Crippen LogP contribution < -0.4 is 19.5 Å². The summed E-state index contributed by atoms with van der Waals surface area (Å²) in [5.41, 5.74) is 1.84. The summed E-state index contributed by atoms with van der Waals surface area (Å²) in [7, 11) is 1.43. The maximum Gasteiger partial charge on any atom is 0.296 e. The van der Waals surface area contributed by atoms with Crippen molar-refractivity contribution in [1.29, 1.82) is 5.26 Å². The van der Waals surface area contributed by atoms with Crippen molar-refractivity contribution in [1.82, 2.24) is 4.98 Å². The van der Waals surface area contributed by atoms with E-state index in [0.29, 0.717) is 28.0 Å². The van der Waals surface area contributed by atoms with Gasteiger partial charge in [-0.1, -0.05) is 0 Å². The van der Waals surface area contributed by atoms with Gasteiger partial charge in [0.15, 0.2) is 11.5 Å². The van der Waals surface area contributed by atoms with E-state index in [1.165, 1.54) is 36.8 Å². The van der Waals surface area contributed by atoms with Crippen LogP contribution in [0.15, 0.2) is 48.0 Å². The Kier molecular flexibility index (Phi) is 5.19. The minimum absolute atomic E-state index is 0.164. The quantitative estimate of drug-likeness (QED) is 0.352. The third-order valence-electron chi connectivity index (χ3n) is 4.30. The number of nitro benzene ring substituents is 1. The zero-order valence-electron chi connectivity index (χ0n) is 15.6. The predicted molar refractivity (Wildman–Crippen MR) is 111 cm³/mol. The van der Waals surface area contributed by atoms with Crippen LogP contribution in [0.25, 0.3) is 16.8 Å². The van der Waals surface area contributed by atoms with Gasteiger partial charge in [0.25, 0.3) is 5.69 Å². The molecule has 0 atom stereocenters. The van der Waals surface area contributed by atoms with Gasteiger partial charge in [-0.15, -0.1) is 11.3 Å². The van der Waals surface area contributed by atoms with Crippen molar-refractivity contribution in [2.45, 2.75) is 0 Å². The summed E-state index contributed by atoms with van der Waals surface area (Å²) in [6.45, 7) is 0.186. The van der Waals surface area contributed by atoms with E-state index in [1.807, 2.05) is 23.6 Å². The second kappa shape index (κ2) is 8.10. The molecule has 0 aliphatic carbocycles. The zero-order chi connectivity index (χ0) is 21.1. The number of nitrogens with one attached hydrogen (secondary N) is 1. The van der Waals surface area contributed by atoms with Crippen LogP contribution in [0.2, 0.25) is 0 Å². The molecule has 4 rings (SSSR count). The van der Waals surface area contributed by atoms with Gasteiger partial charge in [-0.2, -0.15) is 5.26 Å². The number of hydrogen-bond donors (Lipinski definition) is 1. The molecule has 0 saturated heterocycles. The molecule has 30 heavy (non-hydrogen) atoms. The lowest BCUT2D eigenvalue weighted by Crippen LogP contribution is -1.98. The van der Waals surface area contributed by atoms with Crippen molar-refractivity contribution < 1.29 is 19.1 Å². The first kappa shape index (κ1) is 19.2. The molecule has 2 aromatic carbocycles. The normalized spacial score (nSPS) is 12.3. The molecule has 1 aromatic heterocycles. The van der Waals surface area contributed by atoms with E-state index in [9.17, 15) is 15.4 Å². The number of anilines is 1. The smallest absolute Gasteiger partial charge is 0.296 e. The molecule has 9 nitrogen and oxygen atoms in total. The Morgan fingerprint density at radius 1 is 1.33 bits per heavy atom. The molecule has 0 spiro atoms. The number of ether oxygens (including phenoxy) is 3. The van der Waals surface area contributed by atoms with Crippen LogP contribution >= 0.6 is 11.3 Å². The summed E-state index contributed by atoms with van der Waals surface area (Å²) in [5.74, 6) is 1.69. The summed E-state index contributed by atoms with van der Waals surface area (Å²) in [4.78, 5) is 15.3. The van der Waals surface area contributed by atoms with Gasteiger partial charge in [-0.25, -0.2) is 4.98 Å². The Hall–Kier alpha value is -4.10. The Morgan fingerprint density at radius 2 is 2.17 bits per heavy atom. The van der Waals surface area contributed by atoms with E-state index in [-0.39, 0.29) is 23.7 Å². The lowest BCUT2D eigenvalue weighted by atomic mass is 10.1. The SMILES string of the molecule is COc1ccc(NC=C(C#N)c2nc(-c3ccc4c(c3)OCO4)cs2)c([N+](=O)[O-])c1. The number of hydrogen-bond acceptors (Lipinski definition) is 9. The fourth-order valence-electron chi connectivity index (χ4n) is 2.79. The first-order valence-electron chi connectivity index (χ1n) is 8.64. The van der Waals surface area contributed by atoms with Crippen molar-refractivity contribution in [2.75, 3.05) is 19.2 Å². The number of nitrogens with zero attached hydrogens (tertiary/aromatic N) is 3. The third-order valence-corrected chi connectivity index (χ3v) is 5.17. The van der Waals surface area contributed by atoms with Crippen LogP contribution in [0.5, 0.6) is 17.2 Å². The maximum atomic E-state index is 11.3. The summed E-state index contributed by atoms with van der Waals surface area (Å²) in [6, 6.07) is 12.0. The fraction of sp³-hybridized carbons (Fsp3) is 0.100. The molecular formula is C20H14N4O5S. The monoisotopic (exact) mass is 422 g/mol. The Balaban J connectivity index is 1.59. The maximum absolute atomic E-state index is 11.3. The predicted octanol–water partition coefficient (Wildman–Crippen LogP) is 4.43. The Labute approximate surface area is 174 Å². The second-order valence-corrected chi connectivity index (χ2v) is 6.92. The first-order valence-corrected chi connectivity index (χ1v) is 9.52. The van der Waals surface area contributed by atoms with Gasteiger partial charge in [-0.05, 0) is 30.3 Å². The molecular weight excluding hydrogens is 408 g/mol. The molecule has 1 aliphatic rings. The summed E-state index contributed by atoms with van der Waals surface area (Å²) in [5, 5.41) is 26.0. The number of rotatable bonds is 6. The van der Waals surface area contributed by atoms with Crippen LogP contribution in [0, 0.1) is 21.4 Å². The number of benzene rings is 2. The van der Waals surface area contributed by atoms with Crippen LogP contribution in [0.1, 0.15) is 5.01 Å². The second-order valence-electron chi connectivity index (χ2n) is 6.06. The molecule has 0 saturated carbocycles. The van der Waals surface area contributed by atoms with Crippen LogP contribution in [-0.4, -0.2) is 23.8 Å². The van der Waals surface area contributed by atoms with Crippen LogP contribution in [-0.2, 0) is 0 Å². The van der Waals surface area contributed by atoms with E-state index in [4.69, 9.17) is 14.2 Å². The average Bonchev–Trinajstić information content (AvgIpc) is 3.43. The van der Waals surface area contributed by atoms with Gasteiger partial charge in [0, 0.05) is 17.1 Å². The molecule has 0 fully saturated rings. The van der Waals surface area contributed by atoms with Gasteiger partial charge >= 0.3 is 0 Å². The van der Waals surface area contributed by atoms with E-state index < -0.39 is 4.92 Å². The Morgan fingerprint density at radius 3 is 2.93 bits per heavy atom. The van der Waals surface area contributed by atoms with E-state index >= 15 is 0 Å². The minimum Gasteiger partial charge on any atom is -0.496 e. The lowest BCUT2D eigenvalue weighted by Gasteiger charge is -2.05. The van der Waals surface area contributed by atoms with Crippen LogP contribution in [0.4, 0.5) is 11.4 Å². The average molecular weight is 422 g/mol. The van der Waals surface area contributed by atoms with Crippen molar-refractivity contribution in [2.24, 2.45) is 0 Å². The number of fused-ring (bicyclic) bond motifs is 1. The Bertz CT molecular complexity index is 1200. The lowest BCUT2D eigenvalue weighted by molar-refractivity contribution is -0.384. The number of nitro groups is 1. The molecule has 2 heterocycles. The summed E-state index contributed by atoms with van der Waals surface area (Å²) >= 11 is 1.29. The topological polar surface area (TPSA) is 120 Å². The molecule has 0 radical (unpaired) electrons. The molecule has 3 aromatic rings. The van der Waals surface area contributed by atoms with E-state index in [0.717, 1.165) is 5.56 Å². The highest BCUT2D eigenvalue weighted by Crippen LogP contribution is 2.36. The number of methoxy groups -OCH3 is 1. The van der Waals surface area contributed by atoms with Crippen molar-refractivity contribution in [3.63, 3.8) is 0 Å². The summed E-state index contributed by atoms with van der Waals surface area (Å²) in [6.07, 6.45) is 1.40. The van der Waals surface area contributed by atoms with E-state index in [2.05, 4.69) is 16.4 Å². The summed E-state index contributed by atoms with van der Waals surface area (Å²) < 4.78 is 15.7. The molecule has 0 bridgehead atoms. The van der Waals surface area contributed by atoms with Crippen molar-refractivity contribution >= 4 is 28.3 Å². The molecule has 150 valence electrons. The minimum atomic E-state index is -0.522. The number of aromatic nitrogens is 1. The highest BCUT2D eigenvalue weighted by atomic mass is 32.1. The highest BCUT2D eigenvalue weighted by molar-refractivity contribution is 7.11. The van der Waals surface area contributed by atoms with Crippen molar-refractivity contribution in [3.8, 4) is 34.6 Å². The van der Waals surface area contributed by atoms with Crippen LogP contribution in [0.3, 0.4) is 0 Å². The number of thiazole rings is 1. The number of allylic oxidation sites excluding steroid dienone is 1. The largest absolute Gasteiger partial charge is 0.496 e. The van der Waals surface area contributed by atoms with Gasteiger partial charge in [0.1, 0.15) is 28.1 Å². The number of nitriles is 1. The molecule has 1 N–H and O–H groups in total. The van der Waals surface area contributed by atoms with Gasteiger partial charge in [-0.3, -0.25) is 10.1 Å². The molecule has 10 heteroatoms. The fourth-order valence-corrected chi connectivity index (χ4v) is 3.58. The van der Waals surface area contributed by atoms with Gasteiger partial charge < -0.3 is 19.5 Å². The molecule has 0 unspecified atom stereocenters. The van der Waals surface area contributed by atoms with Crippen molar-refractivity contribution in [3.05, 3.63) is 63.1 Å². The highest BCUT2D eigenvalue weighted by Gasteiger charge is 2.17. The first-order chi connectivity index (χ1) is 14.6. The zero-order valence-corrected chi connectivity index (χ0v) is 16.4.